The van der Waals surface area contributed by atoms with Crippen LogP contribution < -0.4 is 13.8 Å². The van der Waals surface area contributed by atoms with Gasteiger partial charge in [0.05, 0.1) is 11.8 Å². The Balaban J connectivity index is 1.81. The molecule has 0 radical (unpaired) electrons. The van der Waals surface area contributed by atoms with E-state index in [2.05, 4.69) is 10.2 Å². The third-order valence-electron chi connectivity index (χ3n) is 3.99. The zero-order chi connectivity index (χ0) is 18.3. The molecule has 9 nitrogen and oxygen atoms in total. The number of benzene rings is 1. The first-order chi connectivity index (χ1) is 12.5. The summed E-state index contributed by atoms with van der Waals surface area (Å²) in [5.74, 6) is 1.53. The number of hydrogen-bond acceptors (Lipinski definition) is 7. The van der Waals surface area contributed by atoms with Crippen LogP contribution in [0.2, 0.25) is 0 Å². The van der Waals surface area contributed by atoms with Crippen molar-refractivity contribution in [3.8, 4) is 17.6 Å². The molecule has 3 heterocycles. The molecule has 10 heteroatoms. The molecule has 26 heavy (non-hydrogen) atoms. The predicted octanol–water partition coefficient (Wildman–Crippen LogP) is 1.49. The van der Waals surface area contributed by atoms with Crippen LogP contribution in [0.25, 0.3) is 5.65 Å². The Kier molecular flexibility index (Phi) is 3.66. The standard InChI is InChI=1S/C16H13N5O4S/c1-11-18-19-16-5-3-13(9-20(11)16)26(22,23)21(7-6-17)12-2-4-14-15(8-12)25-10-24-14/h2-5,8-9H,7,10H2,1H3. The molecule has 2 aromatic heterocycles. The number of fused-ring (bicyclic) bond motifs is 2. The van der Waals surface area contributed by atoms with E-state index in [1.165, 1.54) is 12.3 Å². The molecule has 0 aliphatic carbocycles. The van der Waals surface area contributed by atoms with Crippen molar-refractivity contribution in [3.63, 3.8) is 0 Å². The Morgan fingerprint density at radius 3 is 2.85 bits per heavy atom. The number of aromatic nitrogens is 3. The van der Waals surface area contributed by atoms with Crippen LogP contribution in [0.1, 0.15) is 5.82 Å². The van der Waals surface area contributed by atoms with E-state index >= 15 is 0 Å². The van der Waals surface area contributed by atoms with Crippen LogP contribution in [0.4, 0.5) is 5.69 Å². The van der Waals surface area contributed by atoms with Gasteiger partial charge in [0.25, 0.3) is 10.0 Å². The predicted molar refractivity (Wildman–Crippen MR) is 90.4 cm³/mol. The SMILES string of the molecule is Cc1nnc2ccc(S(=O)(=O)N(CC#N)c3ccc4c(c3)OCO4)cn12. The molecule has 0 saturated heterocycles. The Bertz CT molecular complexity index is 1150. The quantitative estimate of drug-likeness (QED) is 0.639. The molecular formula is C16H13N5O4S. The smallest absolute Gasteiger partial charge is 0.266 e. The number of aryl methyl sites for hydroxylation is 1. The van der Waals surface area contributed by atoms with Gasteiger partial charge in [0.2, 0.25) is 6.79 Å². The van der Waals surface area contributed by atoms with Gasteiger partial charge in [0, 0.05) is 12.3 Å². The maximum absolute atomic E-state index is 13.1. The third kappa shape index (κ3) is 2.49. The highest BCUT2D eigenvalue weighted by atomic mass is 32.2. The number of hydrogen-bond donors (Lipinski definition) is 0. The molecule has 132 valence electrons. The number of nitrogens with zero attached hydrogens (tertiary/aromatic N) is 5. The van der Waals surface area contributed by atoms with Crippen LogP contribution in [-0.4, -0.2) is 36.4 Å². The number of anilines is 1. The van der Waals surface area contributed by atoms with Crippen molar-refractivity contribution in [2.75, 3.05) is 17.6 Å². The fraction of sp³-hybridized carbons (Fsp3) is 0.188. The van der Waals surface area contributed by atoms with Gasteiger partial charge in [0.1, 0.15) is 17.3 Å². The van der Waals surface area contributed by atoms with E-state index in [1.54, 1.807) is 35.6 Å². The fourth-order valence-electron chi connectivity index (χ4n) is 2.69. The fourth-order valence-corrected chi connectivity index (χ4v) is 4.04. The zero-order valence-electron chi connectivity index (χ0n) is 13.7. The summed E-state index contributed by atoms with van der Waals surface area (Å²) in [6, 6.07) is 9.64. The largest absolute Gasteiger partial charge is 0.454 e. The minimum Gasteiger partial charge on any atom is -0.454 e. The molecule has 0 unspecified atom stereocenters. The van der Waals surface area contributed by atoms with Crippen molar-refractivity contribution in [1.82, 2.24) is 14.6 Å². The molecule has 0 saturated carbocycles. The Labute approximate surface area is 149 Å². The van der Waals surface area contributed by atoms with E-state index in [0.717, 1.165) is 4.31 Å². The van der Waals surface area contributed by atoms with E-state index in [0.29, 0.717) is 28.7 Å². The minimum absolute atomic E-state index is 0.0285. The van der Waals surface area contributed by atoms with E-state index in [4.69, 9.17) is 14.7 Å². The molecular weight excluding hydrogens is 358 g/mol. The van der Waals surface area contributed by atoms with Crippen LogP contribution in [0.3, 0.4) is 0 Å². The topological polar surface area (TPSA) is 110 Å². The van der Waals surface area contributed by atoms with Gasteiger partial charge < -0.3 is 9.47 Å². The summed E-state index contributed by atoms with van der Waals surface area (Å²) >= 11 is 0. The number of nitriles is 1. The summed E-state index contributed by atoms with van der Waals surface area (Å²) in [6.45, 7) is 1.45. The maximum atomic E-state index is 13.1. The first-order valence-corrected chi connectivity index (χ1v) is 9.05. The highest BCUT2D eigenvalue weighted by Crippen LogP contribution is 2.36. The second kappa shape index (κ2) is 5.89. The van der Waals surface area contributed by atoms with Crippen LogP contribution in [0.15, 0.2) is 41.4 Å². The molecule has 0 atom stereocenters. The lowest BCUT2D eigenvalue weighted by Crippen LogP contribution is -2.31. The minimum atomic E-state index is -3.98. The second-order valence-electron chi connectivity index (χ2n) is 5.55. The lowest BCUT2D eigenvalue weighted by molar-refractivity contribution is 0.174. The Hall–Kier alpha value is -3.32. The molecule has 3 aromatic rings. The van der Waals surface area contributed by atoms with Gasteiger partial charge in [-0.05, 0) is 31.2 Å². The van der Waals surface area contributed by atoms with E-state index in [9.17, 15) is 8.42 Å². The Morgan fingerprint density at radius 1 is 1.23 bits per heavy atom. The van der Waals surface area contributed by atoms with E-state index in [-0.39, 0.29) is 18.2 Å². The van der Waals surface area contributed by atoms with Crippen molar-refractivity contribution in [2.45, 2.75) is 11.8 Å². The van der Waals surface area contributed by atoms with Gasteiger partial charge in [-0.2, -0.15) is 5.26 Å². The second-order valence-corrected chi connectivity index (χ2v) is 7.41. The van der Waals surface area contributed by atoms with Crippen molar-refractivity contribution >= 4 is 21.4 Å². The van der Waals surface area contributed by atoms with Gasteiger partial charge in [-0.1, -0.05) is 0 Å². The maximum Gasteiger partial charge on any atom is 0.266 e. The van der Waals surface area contributed by atoms with E-state index < -0.39 is 10.0 Å². The van der Waals surface area contributed by atoms with Gasteiger partial charge in [-0.3, -0.25) is 8.71 Å². The van der Waals surface area contributed by atoms with Crippen molar-refractivity contribution < 1.29 is 17.9 Å². The summed E-state index contributed by atoms with van der Waals surface area (Å²) < 4.78 is 39.4. The van der Waals surface area contributed by atoms with Gasteiger partial charge in [-0.25, -0.2) is 8.42 Å². The summed E-state index contributed by atoms with van der Waals surface area (Å²) in [5.41, 5.74) is 0.854. The first kappa shape index (κ1) is 16.2. The lowest BCUT2D eigenvalue weighted by atomic mass is 10.3. The number of pyridine rings is 1. The normalized spacial score (nSPS) is 12.9. The zero-order valence-corrected chi connectivity index (χ0v) is 14.5. The molecule has 4 rings (SSSR count). The van der Waals surface area contributed by atoms with Crippen LogP contribution in [-0.2, 0) is 10.0 Å². The van der Waals surface area contributed by atoms with Crippen LogP contribution in [0.5, 0.6) is 11.5 Å². The third-order valence-corrected chi connectivity index (χ3v) is 5.75. The molecule has 0 amide bonds. The summed E-state index contributed by atoms with van der Waals surface area (Å²) in [5, 5.41) is 17.0. The molecule has 0 fully saturated rings. The molecule has 1 aliphatic rings. The number of sulfonamides is 1. The summed E-state index contributed by atoms with van der Waals surface area (Å²) in [4.78, 5) is 0.0285. The Morgan fingerprint density at radius 2 is 2.04 bits per heavy atom. The number of ether oxygens (including phenoxy) is 2. The van der Waals surface area contributed by atoms with Crippen molar-refractivity contribution in [1.29, 1.82) is 5.26 Å². The number of rotatable bonds is 4. The van der Waals surface area contributed by atoms with Gasteiger partial charge in [0.15, 0.2) is 17.1 Å². The highest BCUT2D eigenvalue weighted by molar-refractivity contribution is 7.92. The monoisotopic (exact) mass is 371 g/mol. The summed E-state index contributed by atoms with van der Waals surface area (Å²) in [6.07, 6.45) is 1.44. The average Bonchev–Trinajstić information content (AvgIpc) is 3.25. The van der Waals surface area contributed by atoms with Gasteiger partial charge in [-0.15, -0.1) is 10.2 Å². The van der Waals surface area contributed by atoms with Gasteiger partial charge >= 0.3 is 0 Å². The molecule has 1 aromatic carbocycles. The highest BCUT2D eigenvalue weighted by Gasteiger charge is 2.27. The van der Waals surface area contributed by atoms with Crippen molar-refractivity contribution in [3.05, 3.63) is 42.4 Å². The molecule has 0 N–H and O–H groups in total. The lowest BCUT2D eigenvalue weighted by Gasteiger charge is -2.22. The van der Waals surface area contributed by atoms with Crippen molar-refractivity contribution in [2.24, 2.45) is 0 Å². The van der Waals surface area contributed by atoms with Crippen LogP contribution >= 0.6 is 0 Å². The molecule has 1 aliphatic heterocycles. The summed E-state index contributed by atoms with van der Waals surface area (Å²) in [7, 11) is -3.98. The average molecular weight is 371 g/mol. The molecule has 0 spiro atoms. The molecule has 0 bridgehead atoms. The van der Waals surface area contributed by atoms with Crippen LogP contribution in [0, 0.1) is 18.3 Å². The van der Waals surface area contributed by atoms with E-state index in [1.807, 2.05) is 6.07 Å². The first-order valence-electron chi connectivity index (χ1n) is 7.61.